The van der Waals surface area contributed by atoms with E-state index in [1.165, 1.54) is 12.8 Å². The molecule has 2 heterocycles. The molecule has 1 aromatic rings. The van der Waals surface area contributed by atoms with Crippen molar-refractivity contribution in [2.75, 3.05) is 26.7 Å². The van der Waals surface area contributed by atoms with Crippen molar-refractivity contribution in [2.24, 2.45) is 10.4 Å². The molecule has 0 saturated carbocycles. The fourth-order valence-electron chi connectivity index (χ4n) is 2.75. The number of nitrogens with one attached hydrogen (secondary N) is 1. The van der Waals surface area contributed by atoms with Gasteiger partial charge in [0.2, 0.25) is 0 Å². The minimum absolute atomic E-state index is 0.362. The van der Waals surface area contributed by atoms with Gasteiger partial charge in [-0.15, -0.1) is 0 Å². The van der Waals surface area contributed by atoms with Crippen molar-refractivity contribution in [1.82, 2.24) is 10.2 Å². The lowest BCUT2D eigenvalue weighted by Gasteiger charge is -2.28. The zero-order valence-corrected chi connectivity index (χ0v) is 13.5. The monoisotopic (exact) mass is 293 g/mol. The van der Waals surface area contributed by atoms with Crippen molar-refractivity contribution in [3.05, 3.63) is 24.2 Å². The first-order valence-electron chi connectivity index (χ1n) is 7.62. The molecule has 0 radical (unpaired) electrons. The van der Waals surface area contributed by atoms with E-state index in [1.54, 1.807) is 32.4 Å². The van der Waals surface area contributed by atoms with Crippen LogP contribution in [0.2, 0.25) is 0 Å². The summed E-state index contributed by atoms with van der Waals surface area (Å²) in [6, 6.07) is 3.57. The lowest BCUT2D eigenvalue weighted by atomic mass is 9.87. The van der Waals surface area contributed by atoms with Crippen LogP contribution in [0, 0.1) is 5.41 Å². The number of rotatable bonds is 4. The Morgan fingerprint density at radius 1 is 1.62 bits per heavy atom. The van der Waals surface area contributed by atoms with Crippen molar-refractivity contribution in [3.63, 3.8) is 0 Å². The van der Waals surface area contributed by atoms with Gasteiger partial charge in [-0.1, -0.05) is 13.8 Å². The summed E-state index contributed by atoms with van der Waals surface area (Å²) in [6.07, 6.45) is 3.93. The molecule has 2 unspecified atom stereocenters. The molecule has 0 amide bonds. The molecule has 21 heavy (non-hydrogen) atoms. The molecular formula is C16H27N3O2. The van der Waals surface area contributed by atoms with Crippen molar-refractivity contribution < 1.29 is 9.52 Å². The van der Waals surface area contributed by atoms with Crippen molar-refractivity contribution >= 4 is 5.96 Å². The maximum absolute atomic E-state index is 10.5. The van der Waals surface area contributed by atoms with Crippen molar-refractivity contribution in [1.29, 1.82) is 0 Å². The lowest BCUT2D eigenvalue weighted by molar-refractivity contribution is 0.0380. The molecule has 1 aromatic heterocycles. The Bertz CT molecular complexity index is 482. The van der Waals surface area contributed by atoms with E-state index in [1.807, 2.05) is 0 Å². The highest BCUT2D eigenvalue weighted by molar-refractivity contribution is 5.80. The highest BCUT2D eigenvalue weighted by atomic mass is 16.4. The van der Waals surface area contributed by atoms with Crippen molar-refractivity contribution in [2.45, 2.75) is 39.2 Å². The topological polar surface area (TPSA) is 61.0 Å². The number of aliphatic imine (C=N–C) groups is 1. The van der Waals surface area contributed by atoms with Gasteiger partial charge in [-0.05, 0) is 37.3 Å². The number of aliphatic hydroxyl groups is 1. The van der Waals surface area contributed by atoms with E-state index in [0.717, 1.165) is 19.0 Å². The van der Waals surface area contributed by atoms with E-state index in [4.69, 9.17) is 4.42 Å². The van der Waals surface area contributed by atoms with Gasteiger partial charge in [-0.25, -0.2) is 0 Å². The second-order valence-corrected chi connectivity index (χ2v) is 6.49. The molecule has 1 aliphatic heterocycles. The molecule has 0 spiro atoms. The molecule has 5 nitrogen and oxygen atoms in total. The first kappa shape index (κ1) is 15.9. The summed E-state index contributed by atoms with van der Waals surface area (Å²) in [5, 5.41) is 13.7. The van der Waals surface area contributed by atoms with E-state index in [0.29, 0.717) is 17.7 Å². The molecule has 118 valence electrons. The third kappa shape index (κ3) is 3.59. The molecule has 0 aromatic carbocycles. The number of hydrogen-bond donors (Lipinski definition) is 2. The molecular weight excluding hydrogens is 266 g/mol. The number of guanidine groups is 1. The molecule has 2 N–H and O–H groups in total. The van der Waals surface area contributed by atoms with Gasteiger partial charge in [0.15, 0.2) is 5.96 Å². The van der Waals surface area contributed by atoms with Crippen LogP contribution in [0.3, 0.4) is 0 Å². The quantitative estimate of drug-likeness (QED) is 0.660. The number of hydrogen-bond acceptors (Lipinski definition) is 3. The van der Waals surface area contributed by atoms with Gasteiger partial charge < -0.3 is 19.7 Å². The third-order valence-electron chi connectivity index (χ3n) is 4.57. The van der Waals surface area contributed by atoms with Crippen LogP contribution in [0.25, 0.3) is 0 Å². The van der Waals surface area contributed by atoms with Gasteiger partial charge in [-0.3, -0.25) is 4.99 Å². The van der Waals surface area contributed by atoms with Gasteiger partial charge >= 0.3 is 0 Å². The van der Waals surface area contributed by atoms with E-state index in [-0.39, 0.29) is 0 Å². The molecule has 5 heteroatoms. The van der Waals surface area contributed by atoms with E-state index in [9.17, 15) is 5.11 Å². The van der Waals surface area contributed by atoms with Crippen molar-refractivity contribution in [3.8, 4) is 0 Å². The van der Waals surface area contributed by atoms with Crippen LogP contribution in [0.1, 0.15) is 39.4 Å². The minimum atomic E-state index is -1.05. The summed E-state index contributed by atoms with van der Waals surface area (Å²) < 4.78 is 5.30. The number of furan rings is 1. The lowest BCUT2D eigenvalue weighted by Crippen LogP contribution is -2.46. The second-order valence-electron chi connectivity index (χ2n) is 6.49. The van der Waals surface area contributed by atoms with Crippen LogP contribution < -0.4 is 5.32 Å². The van der Waals surface area contributed by atoms with Crippen LogP contribution in [-0.4, -0.2) is 42.6 Å². The Labute approximate surface area is 127 Å². The average Bonchev–Trinajstić information content (AvgIpc) is 3.10. The fourth-order valence-corrected chi connectivity index (χ4v) is 2.75. The molecule has 1 aliphatic rings. The highest BCUT2D eigenvalue weighted by Gasteiger charge is 2.34. The summed E-state index contributed by atoms with van der Waals surface area (Å²) in [4.78, 5) is 6.61. The number of likely N-dealkylation sites (tertiary alicyclic amines) is 1. The van der Waals surface area contributed by atoms with Crippen LogP contribution >= 0.6 is 0 Å². The Balaban J connectivity index is 1.95. The predicted octanol–water partition coefficient (Wildman–Crippen LogP) is 2.18. The average molecular weight is 293 g/mol. The first-order valence-corrected chi connectivity index (χ1v) is 7.62. The second kappa shape index (κ2) is 6.10. The summed E-state index contributed by atoms with van der Waals surface area (Å²) >= 11 is 0. The largest absolute Gasteiger partial charge is 0.466 e. The van der Waals surface area contributed by atoms with Crippen LogP contribution in [0.5, 0.6) is 0 Å². The molecule has 1 fully saturated rings. The summed E-state index contributed by atoms with van der Waals surface area (Å²) in [5.74, 6) is 1.41. The van der Waals surface area contributed by atoms with Gasteiger partial charge in [-0.2, -0.15) is 0 Å². The third-order valence-corrected chi connectivity index (χ3v) is 4.57. The normalized spacial score (nSPS) is 26.0. The Hall–Kier alpha value is -1.49. The summed E-state index contributed by atoms with van der Waals surface area (Å²) in [5.41, 5.74) is -0.686. The fraction of sp³-hybridized carbons (Fsp3) is 0.688. The summed E-state index contributed by atoms with van der Waals surface area (Å²) in [7, 11) is 1.78. The minimum Gasteiger partial charge on any atom is -0.466 e. The van der Waals surface area contributed by atoms with E-state index < -0.39 is 5.60 Å². The molecule has 1 saturated heterocycles. The van der Waals surface area contributed by atoms with Crippen LogP contribution in [0.4, 0.5) is 0 Å². The zero-order chi connectivity index (χ0) is 15.5. The molecule has 0 aliphatic carbocycles. The Morgan fingerprint density at radius 3 is 2.90 bits per heavy atom. The maximum Gasteiger partial charge on any atom is 0.193 e. The molecule has 2 rings (SSSR count). The smallest absolute Gasteiger partial charge is 0.193 e. The SMILES string of the molecule is CCC1(C)CCN(C(=NC)NCC(C)(O)c2ccco2)C1. The number of nitrogens with zero attached hydrogens (tertiary/aromatic N) is 2. The van der Waals surface area contributed by atoms with E-state index >= 15 is 0 Å². The van der Waals surface area contributed by atoms with E-state index in [2.05, 4.69) is 29.1 Å². The maximum atomic E-state index is 10.5. The van der Waals surface area contributed by atoms with Gasteiger partial charge in [0.25, 0.3) is 0 Å². The van der Waals surface area contributed by atoms with Gasteiger partial charge in [0.05, 0.1) is 12.8 Å². The highest BCUT2D eigenvalue weighted by Crippen LogP contribution is 2.33. The van der Waals surface area contributed by atoms with Crippen LogP contribution in [-0.2, 0) is 5.60 Å². The first-order chi connectivity index (χ1) is 9.90. The zero-order valence-electron chi connectivity index (χ0n) is 13.5. The molecule has 0 bridgehead atoms. The Kier molecular flexibility index (Phi) is 4.61. The van der Waals surface area contributed by atoms with Crippen LogP contribution in [0.15, 0.2) is 27.8 Å². The predicted molar refractivity (Wildman–Crippen MR) is 84.2 cm³/mol. The Morgan fingerprint density at radius 2 is 2.38 bits per heavy atom. The standard InChI is InChI=1S/C16H27N3O2/c1-5-15(2)8-9-19(12-15)14(17-4)18-11-16(3,20)13-7-6-10-21-13/h6-7,10,20H,5,8-9,11-12H2,1-4H3,(H,17,18). The van der Waals surface area contributed by atoms with Gasteiger partial charge in [0, 0.05) is 20.1 Å². The summed E-state index contributed by atoms with van der Waals surface area (Å²) in [6.45, 7) is 8.68. The molecule has 2 atom stereocenters. The van der Waals surface area contributed by atoms with Gasteiger partial charge in [0.1, 0.15) is 11.4 Å².